The molecule has 3 nitrogen and oxygen atoms in total. The molecular formula is CH6N2OS. The van der Waals surface area contributed by atoms with Gasteiger partial charge in [-0.1, -0.05) is 4.83 Å². The van der Waals surface area contributed by atoms with Gasteiger partial charge in [-0.2, -0.15) is 0 Å². The number of hydrogen-bond donors (Lipinski definition) is 2. The van der Waals surface area contributed by atoms with Gasteiger partial charge >= 0.3 is 0 Å². The molecule has 3 N–H and O–H groups in total. The van der Waals surface area contributed by atoms with Crippen molar-refractivity contribution in [2.45, 2.75) is 0 Å². The first-order chi connectivity index (χ1) is 2.27. The molecule has 0 radical (unpaired) electrons. The third-order valence-electron chi connectivity index (χ3n) is 0.166. The largest absolute Gasteiger partial charge is 0.597 e. The lowest BCUT2D eigenvalue weighted by Gasteiger charge is -1.95. The second kappa shape index (κ2) is 2.47. The highest BCUT2D eigenvalue weighted by atomic mass is 32.2. The van der Waals surface area contributed by atoms with Crippen molar-refractivity contribution in [3.63, 3.8) is 0 Å². The van der Waals surface area contributed by atoms with E-state index in [4.69, 9.17) is 0 Å². The van der Waals surface area contributed by atoms with Crippen LogP contribution in [0.2, 0.25) is 0 Å². The van der Waals surface area contributed by atoms with E-state index in [2.05, 4.69) is 5.84 Å². The van der Waals surface area contributed by atoms with Crippen LogP contribution in [0, 0.1) is 0 Å². The van der Waals surface area contributed by atoms with Gasteiger partial charge in [0.1, 0.15) is 6.26 Å². The van der Waals surface area contributed by atoms with Gasteiger partial charge in [0, 0.05) is 0 Å². The molecule has 0 aromatic carbocycles. The Morgan fingerprint density at radius 3 is 2.20 bits per heavy atom. The van der Waals surface area contributed by atoms with E-state index >= 15 is 0 Å². The van der Waals surface area contributed by atoms with Crippen LogP contribution in [0.4, 0.5) is 0 Å². The number of nitrogens with one attached hydrogen (secondary N) is 1. The highest BCUT2D eigenvalue weighted by Crippen LogP contribution is 1.59. The molecule has 0 fully saturated rings. The molecule has 0 rings (SSSR count). The second-order valence-electron chi connectivity index (χ2n) is 0.572. The fourth-order valence-corrected chi connectivity index (χ4v) is 0. The van der Waals surface area contributed by atoms with Crippen LogP contribution in [0.1, 0.15) is 0 Å². The van der Waals surface area contributed by atoms with Crippen molar-refractivity contribution in [2.75, 3.05) is 6.26 Å². The minimum absolute atomic E-state index is 1.04. The first kappa shape index (κ1) is 5.23. The Hall–Kier alpha value is 0.230. The molecule has 0 saturated carbocycles. The van der Waals surface area contributed by atoms with Crippen molar-refractivity contribution in [3.05, 3.63) is 0 Å². The number of nitrogens with two attached hydrogens (primary N) is 1. The third-order valence-corrected chi connectivity index (χ3v) is 0.498. The van der Waals surface area contributed by atoms with Gasteiger partial charge in [0.15, 0.2) is 0 Å². The molecule has 0 bridgehead atoms. The molecule has 4 heteroatoms. The average molecular weight is 94.1 g/mol. The summed E-state index contributed by atoms with van der Waals surface area (Å²) in [4.78, 5) is 2.00. The zero-order valence-electron chi connectivity index (χ0n) is 2.89. The van der Waals surface area contributed by atoms with Crippen LogP contribution in [-0.2, 0) is 11.4 Å². The predicted molar refractivity (Wildman–Crippen MR) is 21.4 cm³/mol. The molecule has 1 atom stereocenters. The number of rotatable bonds is 1. The summed E-state index contributed by atoms with van der Waals surface area (Å²) in [6.45, 7) is 0. The van der Waals surface area contributed by atoms with E-state index in [0.29, 0.717) is 0 Å². The van der Waals surface area contributed by atoms with Gasteiger partial charge in [0.2, 0.25) is 0 Å². The minimum atomic E-state index is -1.04. The summed E-state index contributed by atoms with van der Waals surface area (Å²) in [5.74, 6) is 4.62. The van der Waals surface area contributed by atoms with Gasteiger partial charge in [0.05, 0.1) is 11.4 Å². The van der Waals surface area contributed by atoms with Crippen LogP contribution >= 0.6 is 0 Å². The fourth-order valence-electron chi connectivity index (χ4n) is 0. The molecule has 0 spiro atoms. The van der Waals surface area contributed by atoms with Crippen molar-refractivity contribution in [3.8, 4) is 0 Å². The molecule has 0 aromatic rings. The number of hydrazine groups is 1. The van der Waals surface area contributed by atoms with Crippen molar-refractivity contribution in [1.82, 2.24) is 4.83 Å². The summed E-state index contributed by atoms with van der Waals surface area (Å²) < 4.78 is 9.69. The monoisotopic (exact) mass is 94.0 g/mol. The molecule has 0 heterocycles. The quantitative estimate of drug-likeness (QED) is 0.242. The lowest BCUT2D eigenvalue weighted by Crippen LogP contribution is -2.28. The van der Waals surface area contributed by atoms with Crippen molar-refractivity contribution < 1.29 is 4.55 Å². The van der Waals surface area contributed by atoms with Crippen LogP contribution in [0.25, 0.3) is 0 Å². The molecule has 0 aliphatic carbocycles. The van der Waals surface area contributed by atoms with Crippen LogP contribution in [0.5, 0.6) is 0 Å². The summed E-state index contributed by atoms with van der Waals surface area (Å²) >= 11 is -1.04. The van der Waals surface area contributed by atoms with E-state index in [1.165, 1.54) is 6.26 Å². The summed E-state index contributed by atoms with van der Waals surface area (Å²) in [6.07, 6.45) is 1.46. The summed E-state index contributed by atoms with van der Waals surface area (Å²) in [6, 6.07) is 0. The lowest BCUT2D eigenvalue weighted by atomic mass is 12.0. The molecule has 0 aromatic heterocycles. The molecule has 1 unspecified atom stereocenters. The van der Waals surface area contributed by atoms with Crippen LogP contribution in [0.3, 0.4) is 0 Å². The Balaban J connectivity index is 2.54. The molecule has 0 aliphatic heterocycles. The Morgan fingerprint density at radius 1 is 2.00 bits per heavy atom. The van der Waals surface area contributed by atoms with Crippen LogP contribution in [-0.4, -0.2) is 10.8 Å². The third kappa shape index (κ3) is 4.23. The van der Waals surface area contributed by atoms with Gasteiger partial charge < -0.3 is 4.55 Å². The van der Waals surface area contributed by atoms with E-state index in [-0.39, 0.29) is 0 Å². The molecule has 5 heavy (non-hydrogen) atoms. The lowest BCUT2D eigenvalue weighted by molar-refractivity contribution is 0.589. The number of hydrogen-bond acceptors (Lipinski definition) is 3. The normalized spacial score (nSPS) is 15.0. The minimum Gasteiger partial charge on any atom is -0.597 e. The molecule has 0 amide bonds. The fraction of sp³-hybridized carbons (Fsp3) is 1.00. The maximum atomic E-state index is 9.69. The standard InChI is InChI=1S/CH6N2OS/c1-5(4)3-2/h3H,2H2,1H3. The Labute approximate surface area is 33.8 Å². The smallest absolute Gasteiger partial charge is 0.116 e. The topological polar surface area (TPSA) is 61.1 Å². The van der Waals surface area contributed by atoms with E-state index in [1.807, 2.05) is 4.83 Å². The Bertz CT molecular complexity index is 23.6. The van der Waals surface area contributed by atoms with E-state index in [1.54, 1.807) is 0 Å². The van der Waals surface area contributed by atoms with E-state index in [9.17, 15) is 4.55 Å². The van der Waals surface area contributed by atoms with Crippen LogP contribution < -0.4 is 10.7 Å². The average Bonchev–Trinajstić information content (AvgIpc) is 1.38. The van der Waals surface area contributed by atoms with E-state index < -0.39 is 11.4 Å². The summed E-state index contributed by atoms with van der Waals surface area (Å²) in [5.41, 5.74) is 0. The van der Waals surface area contributed by atoms with Crippen LogP contribution in [0.15, 0.2) is 0 Å². The Morgan fingerprint density at radius 2 is 2.20 bits per heavy atom. The van der Waals surface area contributed by atoms with E-state index in [0.717, 1.165) is 0 Å². The zero-order chi connectivity index (χ0) is 4.28. The second-order valence-corrected chi connectivity index (χ2v) is 1.72. The first-order valence-corrected chi connectivity index (χ1v) is 2.63. The maximum Gasteiger partial charge on any atom is 0.116 e. The van der Waals surface area contributed by atoms with Gasteiger partial charge in [-0.3, -0.25) is 0 Å². The maximum absolute atomic E-state index is 9.69. The van der Waals surface area contributed by atoms with Gasteiger partial charge in [-0.15, -0.1) is 0 Å². The predicted octanol–water partition coefficient (Wildman–Crippen LogP) is -1.26. The molecule has 0 saturated heterocycles. The summed E-state index contributed by atoms with van der Waals surface area (Å²) in [5, 5.41) is 0. The van der Waals surface area contributed by atoms with Gasteiger partial charge in [-0.05, 0) is 0 Å². The van der Waals surface area contributed by atoms with Gasteiger partial charge in [-0.25, -0.2) is 5.84 Å². The first-order valence-electron chi connectivity index (χ1n) is 1.07. The Kier molecular flexibility index (Phi) is 2.58. The molecular weight excluding hydrogens is 88.1 g/mol. The SMILES string of the molecule is C[S+]([O-])NN. The van der Waals surface area contributed by atoms with Crippen molar-refractivity contribution >= 4 is 11.4 Å². The molecule has 32 valence electrons. The van der Waals surface area contributed by atoms with Crippen molar-refractivity contribution in [1.29, 1.82) is 0 Å². The summed E-state index contributed by atoms with van der Waals surface area (Å²) in [7, 11) is 0. The van der Waals surface area contributed by atoms with Crippen molar-refractivity contribution in [2.24, 2.45) is 5.84 Å². The van der Waals surface area contributed by atoms with Gasteiger partial charge in [0.25, 0.3) is 0 Å². The zero-order valence-corrected chi connectivity index (χ0v) is 3.71. The highest BCUT2D eigenvalue weighted by molar-refractivity contribution is 7.88. The highest BCUT2D eigenvalue weighted by Gasteiger charge is 1.79. The molecule has 0 aliphatic rings.